The van der Waals surface area contributed by atoms with Gasteiger partial charge in [0.1, 0.15) is 0 Å². The van der Waals surface area contributed by atoms with Gasteiger partial charge in [-0.3, -0.25) is 4.79 Å². The Kier molecular flexibility index (Phi) is 6.74. The molecule has 5 nitrogen and oxygen atoms in total. The Balaban J connectivity index is 3.83. The third-order valence-electron chi connectivity index (χ3n) is 1.66. The zero-order chi connectivity index (χ0) is 11.0. The Labute approximate surface area is 83.3 Å². The lowest BCUT2D eigenvalue weighted by Gasteiger charge is -2.11. The summed E-state index contributed by atoms with van der Waals surface area (Å²) in [7, 11) is 2.67. The van der Waals surface area contributed by atoms with Gasteiger partial charge in [-0.05, 0) is 13.3 Å². The molecule has 0 saturated carbocycles. The van der Waals surface area contributed by atoms with Crippen molar-refractivity contribution < 1.29 is 23.8 Å². The van der Waals surface area contributed by atoms with Crippen LogP contribution in [0.2, 0.25) is 0 Å². The van der Waals surface area contributed by atoms with Crippen LogP contribution in [0.1, 0.15) is 19.8 Å². The lowest BCUT2D eigenvalue weighted by molar-refractivity contribution is -0.153. The monoisotopic (exact) mass is 204 g/mol. The highest BCUT2D eigenvalue weighted by molar-refractivity contribution is 5.76. The summed E-state index contributed by atoms with van der Waals surface area (Å²) in [5, 5.41) is 0. The fourth-order valence-electron chi connectivity index (χ4n) is 0.945. The molecule has 0 radical (unpaired) electrons. The van der Waals surface area contributed by atoms with E-state index < -0.39 is 12.1 Å². The lowest BCUT2D eigenvalue weighted by Crippen LogP contribution is -2.25. The van der Waals surface area contributed by atoms with E-state index in [1.165, 1.54) is 14.2 Å². The van der Waals surface area contributed by atoms with Crippen LogP contribution in [0.4, 0.5) is 0 Å². The standard InChI is InChI=1S/C9H16O5/c1-4-14-8(10)6-5-7(12-2)9(11)13-3/h7H,4-6H2,1-3H3. The minimum atomic E-state index is -0.690. The van der Waals surface area contributed by atoms with Gasteiger partial charge in [0.25, 0.3) is 0 Å². The van der Waals surface area contributed by atoms with Crippen molar-refractivity contribution in [2.75, 3.05) is 20.8 Å². The van der Waals surface area contributed by atoms with E-state index >= 15 is 0 Å². The first-order valence-corrected chi connectivity index (χ1v) is 4.41. The fourth-order valence-corrected chi connectivity index (χ4v) is 0.945. The van der Waals surface area contributed by atoms with Gasteiger partial charge >= 0.3 is 11.9 Å². The molecule has 0 aromatic heterocycles. The number of methoxy groups -OCH3 is 2. The Hall–Kier alpha value is -1.10. The Bertz CT molecular complexity index is 190. The van der Waals surface area contributed by atoms with E-state index in [-0.39, 0.29) is 18.8 Å². The molecular weight excluding hydrogens is 188 g/mol. The van der Waals surface area contributed by atoms with Gasteiger partial charge in [-0.2, -0.15) is 0 Å². The molecule has 0 aliphatic heterocycles. The molecule has 1 atom stereocenters. The van der Waals surface area contributed by atoms with Gasteiger partial charge in [-0.1, -0.05) is 0 Å². The highest BCUT2D eigenvalue weighted by Gasteiger charge is 2.19. The van der Waals surface area contributed by atoms with E-state index in [2.05, 4.69) is 4.74 Å². The maximum absolute atomic E-state index is 11.0. The molecule has 0 fully saturated rings. The summed E-state index contributed by atoms with van der Waals surface area (Å²) >= 11 is 0. The molecule has 0 spiro atoms. The minimum absolute atomic E-state index is 0.154. The van der Waals surface area contributed by atoms with E-state index in [1.54, 1.807) is 6.92 Å². The maximum Gasteiger partial charge on any atom is 0.334 e. The lowest BCUT2D eigenvalue weighted by atomic mass is 10.2. The topological polar surface area (TPSA) is 61.8 Å². The first-order chi connectivity index (χ1) is 6.65. The number of rotatable bonds is 6. The van der Waals surface area contributed by atoms with Gasteiger partial charge in [-0.25, -0.2) is 4.79 Å². The number of hydrogen-bond acceptors (Lipinski definition) is 5. The molecule has 0 amide bonds. The molecule has 0 aromatic carbocycles. The summed E-state index contributed by atoms with van der Waals surface area (Å²) in [6.45, 7) is 2.07. The van der Waals surface area contributed by atoms with Crippen molar-refractivity contribution in [3.8, 4) is 0 Å². The highest BCUT2D eigenvalue weighted by Crippen LogP contribution is 2.04. The quantitative estimate of drug-likeness (QED) is 0.590. The molecule has 0 bridgehead atoms. The van der Waals surface area contributed by atoms with Gasteiger partial charge in [-0.15, -0.1) is 0 Å². The predicted octanol–water partition coefficient (Wildman–Crippen LogP) is 0.518. The largest absolute Gasteiger partial charge is 0.467 e. The SMILES string of the molecule is CCOC(=O)CCC(OC)C(=O)OC. The van der Waals surface area contributed by atoms with Crippen LogP contribution >= 0.6 is 0 Å². The number of carbonyl (C=O) groups is 2. The van der Waals surface area contributed by atoms with Crippen LogP contribution in [0.15, 0.2) is 0 Å². The smallest absolute Gasteiger partial charge is 0.334 e. The molecule has 1 unspecified atom stereocenters. The van der Waals surface area contributed by atoms with Crippen LogP contribution < -0.4 is 0 Å². The molecule has 14 heavy (non-hydrogen) atoms. The van der Waals surface area contributed by atoms with Crippen LogP contribution in [0.3, 0.4) is 0 Å². The van der Waals surface area contributed by atoms with E-state index in [0.29, 0.717) is 6.61 Å². The second kappa shape index (κ2) is 7.32. The summed E-state index contributed by atoms with van der Waals surface area (Å²) in [4.78, 5) is 22.0. The minimum Gasteiger partial charge on any atom is -0.467 e. The average molecular weight is 204 g/mol. The molecule has 0 heterocycles. The van der Waals surface area contributed by atoms with Gasteiger partial charge in [0.05, 0.1) is 13.7 Å². The highest BCUT2D eigenvalue weighted by atomic mass is 16.6. The third-order valence-corrected chi connectivity index (χ3v) is 1.66. The van der Waals surface area contributed by atoms with Crippen molar-refractivity contribution in [3.63, 3.8) is 0 Å². The zero-order valence-electron chi connectivity index (χ0n) is 8.74. The summed E-state index contributed by atoms with van der Waals surface area (Å²) in [5.74, 6) is -0.810. The Morgan fingerprint density at radius 1 is 1.29 bits per heavy atom. The van der Waals surface area contributed by atoms with Crippen LogP contribution in [-0.4, -0.2) is 38.9 Å². The third kappa shape index (κ3) is 4.81. The van der Waals surface area contributed by atoms with E-state index in [9.17, 15) is 9.59 Å². The Morgan fingerprint density at radius 3 is 2.36 bits per heavy atom. The van der Waals surface area contributed by atoms with Gasteiger partial charge < -0.3 is 14.2 Å². The van der Waals surface area contributed by atoms with Gasteiger partial charge in [0.15, 0.2) is 6.10 Å². The molecule has 0 aromatic rings. The Morgan fingerprint density at radius 2 is 1.93 bits per heavy atom. The summed E-state index contributed by atoms with van der Waals surface area (Å²) in [6, 6.07) is 0. The van der Waals surface area contributed by atoms with E-state index in [4.69, 9.17) is 9.47 Å². The van der Waals surface area contributed by atoms with Crippen molar-refractivity contribution in [2.24, 2.45) is 0 Å². The first-order valence-electron chi connectivity index (χ1n) is 4.41. The molecular formula is C9H16O5. The van der Waals surface area contributed by atoms with Crippen molar-refractivity contribution in [2.45, 2.75) is 25.9 Å². The number of esters is 2. The van der Waals surface area contributed by atoms with Crippen LogP contribution in [0.5, 0.6) is 0 Å². The van der Waals surface area contributed by atoms with Crippen LogP contribution in [0, 0.1) is 0 Å². The molecule has 0 rings (SSSR count). The van der Waals surface area contributed by atoms with Crippen molar-refractivity contribution >= 4 is 11.9 Å². The number of ether oxygens (including phenoxy) is 3. The summed E-state index contributed by atoms with van der Waals surface area (Å²) in [5.41, 5.74) is 0. The second-order valence-electron chi connectivity index (χ2n) is 2.59. The number of hydrogen-bond donors (Lipinski definition) is 0. The predicted molar refractivity (Wildman–Crippen MR) is 48.7 cm³/mol. The van der Waals surface area contributed by atoms with E-state index in [1.807, 2.05) is 0 Å². The fraction of sp³-hybridized carbons (Fsp3) is 0.778. The first kappa shape index (κ1) is 12.9. The second-order valence-corrected chi connectivity index (χ2v) is 2.59. The van der Waals surface area contributed by atoms with E-state index in [0.717, 1.165) is 0 Å². The average Bonchev–Trinajstić information content (AvgIpc) is 2.18. The summed E-state index contributed by atoms with van der Waals surface area (Å²) < 4.78 is 14.0. The summed E-state index contributed by atoms with van der Waals surface area (Å²) in [6.07, 6.45) is -0.256. The van der Waals surface area contributed by atoms with Crippen molar-refractivity contribution in [1.82, 2.24) is 0 Å². The van der Waals surface area contributed by atoms with Gasteiger partial charge in [0, 0.05) is 13.5 Å². The zero-order valence-corrected chi connectivity index (χ0v) is 8.74. The van der Waals surface area contributed by atoms with Crippen LogP contribution in [-0.2, 0) is 23.8 Å². The molecule has 0 aliphatic rings. The molecule has 5 heteroatoms. The molecule has 0 N–H and O–H groups in total. The molecule has 0 saturated heterocycles. The van der Waals surface area contributed by atoms with Crippen molar-refractivity contribution in [3.05, 3.63) is 0 Å². The number of carbonyl (C=O) groups excluding carboxylic acids is 2. The normalized spacial score (nSPS) is 11.9. The van der Waals surface area contributed by atoms with Crippen molar-refractivity contribution in [1.29, 1.82) is 0 Å². The van der Waals surface area contributed by atoms with Gasteiger partial charge in [0.2, 0.25) is 0 Å². The van der Waals surface area contributed by atoms with Crippen LogP contribution in [0.25, 0.3) is 0 Å². The maximum atomic E-state index is 11.0. The molecule has 82 valence electrons. The molecule has 0 aliphatic carbocycles.